The maximum absolute atomic E-state index is 13.7. The molecule has 0 heterocycles. The molecule has 118 valence electrons. The van der Waals surface area contributed by atoms with Crippen molar-refractivity contribution in [3.05, 3.63) is 59.7 Å². The molecule has 0 radical (unpaired) electrons. The third-order valence-corrected chi connectivity index (χ3v) is 4.94. The van der Waals surface area contributed by atoms with Crippen LogP contribution in [0.2, 0.25) is 0 Å². The molecule has 0 aromatic heterocycles. The van der Waals surface area contributed by atoms with Gasteiger partial charge >= 0.3 is 0 Å². The summed E-state index contributed by atoms with van der Waals surface area (Å²) in [4.78, 5) is -0.270. The number of hydrogen-bond donors (Lipinski definition) is 0. The number of sulfonamides is 1. The number of para-hydroxylation sites is 1. The Morgan fingerprint density at radius 2 is 1.82 bits per heavy atom. The first-order valence-corrected chi connectivity index (χ1v) is 7.83. The normalized spacial score (nSPS) is 11.7. The molecule has 0 aliphatic heterocycles. The van der Waals surface area contributed by atoms with Gasteiger partial charge in [0.25, 0.3) is 0 Å². The van der Waals surface area contributed by atoms with Crippen molar-refractivity contribution in [1.29, 1.82) is 0 Å². The zero-order valence-corrected chi connectivity index (χ0v) is 12.9. The highest BCUT2D eigenvalue weighted by atomic mass is 32.2. The maximum atomic E-state index is 13.7. The molecule has 0 spiro atoms. The summed E-state index contributed by atoms with van der Waals surface area (Å²) in [6.07, 6.45) is 0. The van der Waals surface area contributed by atoms with Gasteiger partial charge in [-0.25, -0.2) is 17.2 Å². The lowest BCUT2D eigenvalue weighted by atomic mass is 10.2. The zero-order valence-electron chi connectivity index (χ0n) is 12.1. The Hall–Kier alpha value is -1.99. The summed E-state index contributed by atoms with van der Waals surface area (Å²) in [5, 5.41) is 0. The topological polar surface area (TPSA) is 46.6 Å². The minimum Gasteiger partial charge on any atom is -0.492 e. The summed E-state index contributed by atoms with van der Waals surface area (Å²) < 4.78 is 57.8. The van der Waals surface area contributed by atoms with E-state index in [9.17, 15) is 17.2 Å². The van der Waals surface area contributed by atoms with E-state index in [1.807, 2.05) is 0 Å². The Labute approximate surface area is 128 Å². The lowest BCUT2D eigenvalue weighted by molar-refractivity contribution is 0.371. The van der Waals surface area contributed by atoms with Crippen LogP contribution in [0, 0.1) is 11.6 Å². The summed E-state index contributed by atoms with van der Waals surface area (Å²) in [5.74, 6) is -1.55. The van der Waals surface area contributed by atoms with Gasteiger partial charge < -0.3 is 4.74 Å². The van der Waals surface area contributed by atoms with Crippen molar-refractivity contribution in [1.82, 2.24) is 4.31 Å². The Kier molecular flexibility index (Phi) is 4.77. The molecular formula is C15H15F2NO3S. The lowest BCUT2D eigenvalue weighted by Gasteiger charge is -2.19. The third-order valence-electron chi connectivity index (χ3n) is 3.12. The van der Waals surface area contributed by atoms with Crippen molar-refractivity contribution in [3.8, 4) is 5.75 Å². The third kappa shape index (κ3) is 3.26. The minimum absolute atomic E-state index is 0.0419. The second kappa shape index (κ2) is 6.41. The van der Waals surface area contributed by atoms with E-state index in [0.29, 0.717) is 5.56 Å². The molecule has 2 aromatic rings. The fraction of sp³-hybridized carbons (Fsp3) is 0.200. The van der Waals surface area contributed by atoms with Crippen LogP contribution >= 0.6 is 0 Å². The monoisotopic (exact) mass is 327 g/mol. The zero-order chi connectivity index (χ0) is 16.3. The van der Waals surface area contributed by atoms with E-state index in [0.717, 1.165) is 10.4 Å². The van der Waals surface area contributed by atoms with E-state index in [-0.39, 0.29) is 17.2 Å². The average Bonchev–Trinajstić information content (AvgIpc) is 2.46. The van der Waals surface area contributed by atoms with E-state index in [4.69, 9.17) is 4.74 Å². The molecule has 22 heavy (non-hydrogen) atoms. The molecule has 2 aromatic carbocycles. The lowest BCUT2D eigenvalue weighted by Crippen LogP contribution is -2.27. The fourth-order valence-electron chi connectivity index (χ4n) is 2.04. The Morgan fingerprint density at radius 1 is 1.14 bits per heavy atom. The molecule has 2 rings (SSSR count). The van der Waals surface area contributed by atoms with Gasteiger partial charge in [-0.05, 0) is 29.8 Å². The van der Waals surface area contributed by atoms with Gasteiger partial charge in [-0.1, -0.05) is 18.2 Å². The molecule has 0 amide bonds. The molecular weight excluding hydrogens is 312 g/mol. The van der Waals surface area contributed by atoms with Gasteiger partial charge in [-0.3, -0.25) is 0 Å². The number of rotatable bonds is 5. The summed E-state index contributed by atoms with van der Waals surface area (Å²) >= 11 is 0. The van der Waals surface area contributed by atoms with Crippen molar-refractivity contribution in [2.45, 2.75) is 11.4 Å². The van der Waals surface area contributed by atoms with Crippen LogP contribution in [0.4, 0.5) is 8.78 Å². The van der Waals surface area contributed by atoms with Gasteiger partial charge in [-0.2, -0.15) is 4.31 Å². The number of hydrogen-bond acceptors (Lipinski definition) is 3. The van der Waals surface area contributed by atoms with E-state index in [2.05, 4.69) is 0 Å². The van der Waals surface area contributed by atoms with E-state index in [1.165, 1.54) is 44.5 Å². The summed E-state index contributed by atoms with van der Waals surface area (Å²) in [6, 6.07) is 9.29. The minimum atomic E-state index is -3.97. The highest BCUT2D eigenvalue weighted by Crippen LogP contribution is 2.29. The van der Waals surface area contributed by atoms with Crippen LogP contribution in [-0.4, -0.2) is 26.9 Å². The number of ether oxygens (including phenoxy) is 1. The van der Waals surface area contributed by atoms with Crippen LogP contribution < -0.4 is 4.74 Å². The molecule has 0 atom stereocenters. The Morgan fingerprint density at radius 3 is 2.45 bits per heavy atom. The number of benzene rings is 2. The largest absolute Gasteiger partial charge is 0.492 e. The standard InChI is InChI=1S/C15H15F2NO3S/c1-18(10-11-5-3-6-12(16)9-11)22(19,20)14-8-4-7-13(17)15(14)21-2/h3-9H,10H2,1-2H3. The van der Waals surface area contributed by atoms with Gasteiger partial charge in [0.15, 0.2) is 11.6 Å². The molecule has 0 saturated heterocycles. The molecule has 0 N–H and O–H groups in total. The first-order valence-electron chi connectivity index (χ1n) is 6.39. The molecule has 4 nitrogen and oxygen atoms in total. The van der Waals surface area contributed by atoms with Crippen LogP contribution in [0.5, 0.6) is 5.75 Å². The van der Waals surface area contributed by atoms with Crippen LogP contribution in [-0.2, 0) is 16.6 Å². The number of nitrogens with zero attached hydrogens (tertiary/aromatic N) is 1. The molecule has 0 bridgehead atoms. The quantitative estimate of drug-likeness (QED) is 0.848. The first kappa shape index (κ1) is 16.4. The van der Waals surface area contributed by atoms with E-state index >= 15 is 0 Å². The van der Waals surface area contributed by atoms with Gasteiger partial charge in [0.05, 0.1) is 7.11 Å². The summed E-state index contributed by atoms with van der Waals surface area (Å²) in [6.45, 7) is -0.0419. The van der Waals surface area contributed by atoms with Crippen molar-refractivity contribution in [3.63, 3.8) is 0 Å². The average molecular weight is 327 g/mol. The smallest absolute Gasteiger partial charge is 0.246 e. The van der Waals surface area contributed by atoms with Gasteiger partial charge in [-0.15, -0.1) is 0 Å². The Bertz CT molecular complexity index is 778. The Balaban J connectivity index is 2.36. The van der Waals surface area contributed by atoms with E-state index in [1.54, 1.807) is 6.07 Å². The first-order chi connectivity index (χ1) is 10.4. The summed E-state index contributed by atoms with van der Waals surface area (Å²) in [7, 11) is -1.43. The van der Waals surface area contributed by atoms with Crippen molar-refractivity contribution >= 4 is 10.0 Å². The highest BCUT2D eigenvalue weighted by molar-refractivity contribution is 7.89. The molecule has 7 heteroatoms. The predicted octanol–water partition coefficient (Wildman–Crippen LogP) is 2.79. The molecule has 0 fully saturated rings. The van der Waals surface area contributed by atoms with Gasteiger partial charge in [0.1, 0.15) is 10.7 Å². The number of halogens is 2. The number of methoxy groups -OCH3 is 1. The van der Waals surface area contributed by atoms with E-state index < -0.39 is 21.7 Å². The molecule has 0 saturated carbocycles. The van der Waals surface area contributed by atoms with Crippen molar-refractivity contribution in [2.75, 3.05) is 14.2 Å². The van der Waals surface area contributed by atoms with Crippen molar-refractivity contribution < 1.29 is 21.9 Å². The second-order valence-electron chi connectivity index (χ2n) is 4.66. The van der Waals surface area contributed by atoms with Gasteiger partial charge in [0.2, 0.25) is 10.0 Å². The second-order valence-corrected chi connectivity index (χ2v) is 6.68. The van der Waals surface area contributed by atoms with Crippen LogP contribution in [0.3, 0.4) is 0 Å². The highest BCUT2D eigenvalue weighted by Gasteiger charge is 2.26. The predicted molar refractivity (Wildman–Crippen MR) is 78.0 cm³/mol. The van der Waals surface area contributed by atoms with Crippen LogP contribution in [0.15, 0.2) is 47.4 Å². The SMILES string of the molecule is COc1c(F)cccc1S(=O)(=O)N(C)Cc1cccc(F)c1. The maximum Gasteiger partial charge on any atom is 0.246 e. The van der Waals surface area contributed by atoms with Crippen LogP contribution in [0.1, 0.15) is 5.56 Å². The summed E-state index contributed by atoms with van der Waals surface area (Å²) in [5.41, 5.74) is 0.487. The molecule has 0 unspecified atom stereocenters. The fourth-order valence-corrected chi connectivity index (χ4v) is 3.36. The van der Waals surface area contributed by atoms with Crippen molar-refractivity contribution in [2.24, 2.45) is 0 Å². The molecule has 0 aliphatic rings. The van der Waals surface area contributed by atoms with Gasteiger partial charge in [0, 0.05) is 13.6 Å². The van der Waals surface area contributed by atoms with Crippen LogP contribution in [0.25, 0.3) is 0 Å². The molecule has 0 aliphatic carbocycles.